The SMILES string of the molecule is CC.CC(C)CC(C)(C)C1=CC=CC=C=C1. The van der Waals surface area contributed by atoms with Crippen LogP contribution in [-0.4, -0.2) is 0 Å². The smallest absolute Gasteiger partial charge is 0.00950 e. The Morgan fingerprint density at radius 2 is 1.81 bits per heavy atom. The number of hydrogen-bond donors (Lipinski definition) is 0. The molecule has 0 radical (unpaired) electrons. The van der Waals surface area contributed by atoms with E-state index in [0.717, 1.165) is 5.92 Å². The monoisotopic (exact) mass is 218 g/mol. The van der Waals surface area contributed by atoms with Crippen LogP contribution in [0.4, 0.5) is 0 Å². The summed E-state index contributed by atoms with van der Waals surface area (Å²) in [5, 5.41) is 0. The Bertz CT molecular complexity index is 305. The first-order valence-corrected chi connectivity index (χ1v) is 6.32. The van der Waals surface area contributed by atoms with Crippen molar-refractivity contribution < 1.29 is 0 Å². The van der Waals surface area contributed by atoms with Gasteiger partial charge in [0.2, 0.25) is 0 Å². The Morgan fingerprint density at radius 3 is 2.38 bits per heavy atom. The largest absolute Gasteiger partial charge is 0.121 e. The maximum absolute atomic E-state index is 3.17. The number of allylic oxidation sites excluding steroid dienone is 5. The van der Waals surface area contributed by atoms with Gasteiger partial charge < -0.3 is 0 Å². The molecular weight excluding hydrogens is 192 g/mol. The van der Waals surface area contributed by atoms with Crippen LogP contribution in [-0.2, 0) is 0 Å². The second-order valence-electron chi connectivity index (χ2n) is 4.97. The molecule has 1 rings (SSSR count). The molecule has 0 spiro atoms. The highest BCUT2D eigenvalue weighted by Gasteiger charge is 2.22. The molecule has 0 aromatic rings. The summed E-state index contributed by atoms with van der Waals surface area (Å²) >= 11 is 0. The fourth-order valence-electron chi connectivity index (χ4n) is 2.02. The van der Waals surface area contributed by atoms with Crippen LogP contribution in [0.3, 0.4) is 0 Å². The summed E-state index contributed by atoms with van der Waals surface area (Å²) in [6, 6.07) is 0. The molecule has 0 N–H and O–H groups in total. The molecule has 0 aliphatic heterocycles. The summed E-state index contributed by atoms with van der Waals surface area (Å²) < 4.78 is 0. The molecule has 0 aromatic carbocycles. The minimum atomic E-state index is 0.254. The van der Waals surface area contributed by atoms with Crippen molar-refractivity contribution in [2.24, 2.45) is 11.3 Å². The summed E-state index contributed by atoms with van der Waals surface area (Å²) in [6.45, 7) is 13.1. The van der Waals surface area contributed by atoms with Crippen molar-refractivity contribution in [3.05, 3.63) is 41.7 Å². The Kier molecular flexibility index (Phi) is 6.85. The first kappa shape index (κ1) is 15.0. The van der Waals surface area contributed by atoms with Gasteiger partial charge in [-0.3, -0.25) is 0 Å². The quantitative estimate of drug-likeness (QED) is 0.564. The predicted octanol–water partition coefficient (Wildman–Crippen LogP) is 5.29. The lowest BCUT2D eigenvalue weighted by atomic mass is 9.77. The van der Waals surface area contributed by atoms with Gasteiger partial charge in [0.25, 0.3) is 0 Å². The van der Waals surface area contributed by atoms with Gasteiger partial charge in [0.1, 0.15) is 0 Å². The van der Waals surface area contributed by atoms with E-state index in [1.807, 2.05) is 26.0 Å². The van der Waals surface area contributed by atoms with Crippen LogP contribution in [0.2, 0.25) is 0 Å². The van der Waals surface area contributed by atoms with Crippen LogP contribution in [0.5, 0.6) is 0 Å². The zero-order valence-electron chi connectivity index (χ0n) is 11.7. The standard InChI is InChI=1S/C14H20.C2H6/c1-12(2)11-14(3,4)13-9-7-5-6-8-10-13;1-2/h5-7,9-10,12H,11H2,1-4H3;1-2H3. The summed E-state index contributed by atoms with van der Waals surface area (Å²) in [5.41, 5.74) is 4.80. The Labute approximate surface area is 101 Å². The second-order valence-corrected chi connectivity index (χ2v) is 4.97. The van der Waals surface area contributed by atoms with Gasteiger partial charge in [-0.15, -0.1) is 5.73 Å². The maximum Gasteiger partial charge on any atom is -0.00950 e. The van der Waals surface area contributed by atoms with Crippen LogP contribution >= 0.6 is 0 Å². The van der Waals surface area contributed by atoms with E-state index in [-0.39, 0.29) is 5.41 Å². The van der Waals surface area contributed by atoms with Gasteiger partial charge in [-0.05, 0) is 35.5 Å². The lowest BCUT2D eigenvalue weighted by molar-refractivity contribution is 0.351. The molecule has 0 unspecified atom stereocenters. The van der Waals surface area contributed by atoms with Crippen molar-refractivity contribution in [2.45, 2.75) is 48.0 Å². The van der Waals surface area contributed by atoms with Gasteiger partial charge in [-0.2, -0.15) is 0 Å². The molecule has 0 saturated heterocycles. The van der Waals surface area contributed by atoms with Gasteiger partial charge in [-0.1, -0.05) is 59.8 Å². The van der Waals surface area contributed by atoms with Crippen molar-refractivity contribution in [1.82, 2.24) is 0 Å². The Morgan fingerprint density at radius 1 is 1.19 bits per heavy atom. The lowest BCUT2D eigenvalue weighted by Gasteiger charge is -2.27. The molecule has 0 saturated carbocycles. The highest BCUT2D eigenvalue weighted by atomic mass is 14.3. The normalized spacial score (nSPS) is 14.3. The minimum absolute atomic E-state index is 0.254. The van der Waals surface area contributed by atoms with Crippen LogP contribution in [0.25, 0.3) is 0 Å². The van der Waals surface area contributed by atoms with Crippen LogP contribution < -0.4 is 0 Å². The lowest BCUT2D eigenvalue weighted by Crippen LogP contribution is -2.16. The third kappa shape index (κ3) is 5.19. The number of hydrogen-bond acceptors (Lipinski definition) is 0. The highest BCUT2D eigenvalue weighted by Crippen LogP contribution is 2.34. The predicted molar refractivity (Wildman–Crippen MR) is 74.5 cm³/mol. The van der Waals surface area contributed by atoms with E-state index < -0.39 is 0 Å². The molecule has 0 heteroatoms. The van der Waals surface area contributed by atoms with Gasteiger partial charge in [0.15, 0.2) is 0 Å². The van der Waals surface area contributed by atoms with Crippen molar-refractivity contribution in [3.8, 4) is 0 Å². The van der Waals surface area contributed by atoms with E-state index in [4.69, 9.17) is 0 Å². The third-order valence-corrected chi connectivity index (χ3v) is 2.52. The van der Waals surface area contributed by atoms with Gasteiger partial charge >= 0.3 is 0 Å². The zero-order valence-corrected chi connectivity index (χ0v) is 11.7. The Hall–Kier alpha value is -1.00. The minimum Gasteiger partial charge on any atom is -0.121 e. The first-order valence-electron chi connectivity index (χ1n) is 6.32. The highest BCUT2D eigenvalue weighted by molar-refractivity contribution is 5.33. The summed E-state index contributed by atoms with van der Waals surface area (Å²) in [5.74, 6) is 0.732. The molecule has 16 heavy (non-hydrogen) atoms. The molecule has 0 nitrogen and oxygen atoms in total. The molecule has 0 amide bonds. The van der Waals surface area contributed by atoms with E-state index >= 15 is 0 Å². The van der Waals surface area contributed by atoms with Crippen molar-refractivity contribution >= 4 is 0 Å². The number of rotatable bonds is 3. The molecule has 0 fully saturated rings. The van der Waals surface area contributed by atoms with Crippen molar-refractivity contribution in [3.63, 3.8) is 0 Å². The average Bonchev–Trinajstić information content (AvgIpc) is 2.47. The fraction of sp³-hybridized carbons (Fsp3) is 0.562. The first-order chi connectivity index (χ1) is 7.52. The molecule has 0 aromatic heterocycles. The fourth-order valence-corrected chi connectivity index (χ4v) is 2.02. The summed E-state index contributed by atoms with van der Waals surface area (Å²) in [6.07, 6.45) is 11.6. The van der Waals surface area contributed by atoms with Gasteiger partial charge in [0.05, 0.1) is 0 Å². The molecular formula is C16H26. The maximum atomic E-state index is 3.17. The van der Waals surface area contributed by atoms with Gasteiger partial charge in [-0.25, -0.2) is 0 Å². The molecule has 1 aliphatic carbocycles. The molecule has 0 bridgehead atoms. The van der Waals surface area contributed by atoms with E-state index in [1.165, 1.54) is 12.0 Å². The van der Waals surface area contributed by atoms with E-state index in [1.54, 1.807) is 0 Å². The van der Waals surface area contributed by atoms with Crippen molar-refractivity contribution in [1.29, 1.82) is 0 Å². The van der Waals surface area contributed by atoms with Crippen LogP contribution in [0, 0.1) is 11.3 Å². The van der Waals surface area contributed by atoms with Crippen LogP contribution in [0.15, 0.2) is 41.7 Å². The third-order valence-electron chi connectivity index (χ3n) is 2.52. The van der Waals surface area contributed by atoms with E-state index in [2.05, 4.69) is 51.7 Å². The zero-order chi connectivity index (χ0) is 12.6. The van der Waals surface area contributed by atoms with E-state index in [0.29, 0.717) is 0 Å². The molecule has 0 atom stereocenters. The average molecular weight is 218 g/mol. The second kappa shape index (κ2) is 7.30. The van der Waals surface area contributed by atoms with Crippen LogP contribution in [0.1, 0.15) is 48.0 Å². The summed E-state index contributed by atoms with van der Waals surface area (Å²) in [4.78, 5) is 0. The topological polar surface area (TPSA) is 0 Å². The van der Waals surface area contributed by atoms with Gasteiger partial charge in [0, 0.05) is 0 Å². The molecule has 0 heterocycles. The molecule has 90 valence electrons. The summed E-state index contributed by atoms with van der Waals surface area (Å²) in [7, 11) is 0. The van der Waals surface area contributed by atoms with E-state index in [9.17, 15) is 0 Å². The Balaban J connectivity index is 0.00000106. The van der Waals surface area contributed by atoms with Crippen molar-refractivity contribution in [2.75, 3.05) is 0 Å². The molecule has 1 aliphatic rings.